The zero-order chi connectivity index (χ0) is 10.9. The molecule has 1 aromatic rings. The van der Waals surface area contributed by atoms with Crippen LogP contribution < -0.4 is 11.5 Å². The average Bonchev–Trinajstić information content (AvgIpc) is 2.13. The van der Waals surface area contributed by atoms with E-state index in [0.717, 1.165) is 0 Å². The quantitative estimate of drug-likeness (QED) is 0.501. The molecule has 0 bridgehead atoms. The minimum Gasteiger partial charge on any atom is -0.505 e. The first kappa shape index (κ1) is 10.8. The van der Waals surface area contributed by atoms with Crippen LogP contribution in [-0.4, -0.2) is 5.11 Å². The fourth-order valence-corrected chi connectivity index (χ4v) is 1.23. The van der Waals surface area contributed by atoms with Gasteiger partial charge in [0.05, 0.1) is 0 Å². The van der Waals surface area contributed by atoms with Gasteiger partial charge in [0.15, 0.2) is 0 Å². The number of nitrogen functional groups attached to an aromatic ring is 1. The third-order valence-electron chi connectivity index (χ3n) is 2.27. The molecule has 0 aliphatic heterocycles. The van der Waals surface area contributed by atoms with Crippen LogP contribution in [0.15, 0.2) is 12.1 Å². The normalized spacial score (nSPS) is 13.2. The van der Waals surface area contributed by atoms with Crippen molar-refractivity contribution < 1.29 is 9.50 Å². The summed E-state index contributed by atoms with van der Waals surface area (Å²) in [6, 6.07) is 2.34. The second kappa shape index (κ2) is 3.84. The van der Waals surface area contributed by atoms with Crippen molar-refractivity contribution in [1.82, 2.24) is 0 Å². The molecule has 0 heterocycles. The van der Waals surface area contributed by atoms with Gasteiger partial charge in [-0.05, 0) is 12.0 Å². The summed E-state index contributed by atoms with van der Waals surface area (Å²) in [5.41, 5.74) is 11.4. The predicted molar refractivity (Wildman–Crippen MR) is 54.2 cm³/mol. The fourth-order valence-electron chi connectivity index (χ4n) is 1.23. The second-order valence-electron chi connectivity index (χ2n) is 3.67. The van der Waals surface area contributed by atoms with Crippen LogP contribution >= 0.6 is 0 Å². The Bertz CT molecular complexity index is 339. The van der Waals surface area contributed by atoms with Crippen LogP contribution in [-0.2, 0) is 0 Å². The smallest absolute Gasteiger partial charge is 0.149 e. The van der Waals surface area contributed by atoms with Crippen molar-refractivity contribution in [3.05, 3.63) is 23.5 Å². The average molecular weight is 198 g/mol. The molecule has 78 valence electrons. The van der Waals surface area contributed by atoms with Crippen LogP contribution in [0, 0.1) is 11.7 Å². The third kappa shape index (κ3) is 1.80. The molecule has 5 N–H and O–H groups in total. The van der Waals surface area contributed by atoms with E-state index < -0.39 is 5.82 Å². The van der Waals surface area contributed by atoms with Crippen LogP contribution in [0.25, 0.3) is 0 Å². The van der Waals surface area contributed by atoms with Gasteiger partial charge in [-0.1, -0.05) is 19.9 Å². The van der Waals surface area contributed by atoms with E-state index in [1.54, 1.807) is 0 Å². The Hall–Kier alpha value is -1.29. The number of rotatable bonds is 2. The van der Waals surface area contributed by atoms with Crippen molar-refractivity contribution >= 4 is 5.69 Å². The van der Waals surface area contributed by atoms with Gasteiger partial charge in [0, 0.05) is 11.6 Å². The molecule has 0 amide bonds. The topological polar surface area (TPSA) is 72.3 Å². The molecular weight excluding hydrogens is 183 g/mol. The van der Waals surface area contributed by atoms with Gasteiger partial charge in [-0.3, -0.25) is 0 Å². The predicted octanol–water partition coefficient (Wildman–Crippen LogP) is 1.77. The minimum atomic E-state index is -0.623. The monoisotopic (exact) mass is 198 g/mol. The number of phenols is 1. The number of hydrogen-bond donors (Lipinski definition) is 3. The van der Waals surface area contributed by atoms with Crippen molar-refractivity contribution in [2.24, 2.45) is 11.7 Å². The molecule has 1 atom stereocenters. The van der Waals surface area contributed by atoms with Gasteiger partial charge in [-0.15, -0.1) is 0 Å². The van der Waals surface area contributed by atoms with Crippen molar-refractivity contribution in [1.29, 1.82) is 0 Å². The van der Waals surface area contributed by atoms with Gasteiger partial charge in [0.25, 0.3) is 0 Å². The highest BCUT2D eigenvalue weighted by Crippen LogP contribution is 2.33. The number of hydrogen-bond acceptors (Lipinski definition) is 3. The van der Waals surface area contributed by atoms with Crippen molar-refractivity contribution in [3.8, 4) is 5.75 Å². The summed E-state index contributed by atoms with van der Waals surface area (Å²) in [5, 5.41) is 9.55. The lowest BCUT2D eigenvalue weighted by molar-refractivity contribution is 0.438. The Morgan fingerprint density at radius 3 is 2.43 bits per heavy atom. The summed E-state index contributed by atoms with van der Waals surface area (Å²) in [6.45, 7) is 3.84. The van der Waals surface area contributed by atoms with Crippen LogP contribution in [0.1, 0.15) is 25.5 Å². The molecule has 0 saturated carbocycles. The summed E-state index contributed by atoms with van der Waals surface area (Å²) in [5.74, 6) is -0.709. The van der Waals surface area contributed by atoms with E-state index in [4.69, 9.17) is 11.5 Å². The molecule has 0 radical (unpaired) electrons. The van der Waals surface area contributed by atoms with Crippen LogP contribution in [0.5, 0.6) is 5.75 Å². The number of nitrogens with two attached hydrogens (primary N) is 2. The zero-order valence-corrected chi connectivity index (χ0v) is 8.29. The first-order chi connectivity index (χ1) is 6.45. The van der Waals surface area contributed by atoms with E-state index in [0.29, 0.717) is 5.56 Å². The highest BCUT2D eigenvalue weighted by molar-refractivity contribution is 5.57. The Kier molecular flexibility index (Phi) is 2.96. The molecule has 14 heavy (non-hydrogen) atoms. The summed E-state index contributed by atoms with van der Waals surface area (Å²) in [4.78, 5) is 0. The number of phenolic OH excluding ortho intramolecular Hbond substituents is 1. The molecule has 4 heteroatoms. The van der Waals surface area contributed by atoms with Crippen LogP contribution in [0.3, 0.4) is 0 Å². The molecule has 3 nitrogen and oxygen atoms in total. The number of halogens is 1. The zero-order valence-electron chi connectivity index (χ0n) is 8.29. The SMILES string of the molecule is CC(C)[C@@H](N)c1ccc(F)c(N)c1O. The van der Waals surface area contributed by atoms with E-state index in [1.165, 1.54) is 12.1 Å². The molecule has 0 aromatic heterocycles. The minimum absolute atomic E-state index is 0.158. The Balaban J connectivity index is 3.17. The summed E-state index contributed by atoms with van der Waals surface area (Å²) in [7, 11) is 0. The number of anilines is 1. The van der Waals surface area contributed by atoms with Crippen molar-refractivity contribution in [3.63, 3.8) is 0 Å². The summed E-state index contributed by atoms with van der Waals surface area (Å²) in [6.07, 6.45) is 0. The van der Waals surface area contributed by atoms with Crippen molar-refractivity contribution in [2.45, 2.75) is 19.9 Å². The molecule has 0 aliphatic carbocycles. The van der Waals surface area contributed by atoms with Gasteiger partial charge >= 0.3 is 0 Å². The lowest BCUT2D eigenvalue weighted by Crippen LogP contribution is -2.17. The van der Waals surface area contributed by atoms with Gasteiger partial charge in [-0.25, -0.2) is 4.39 Å². The highest BCUT2D eigenvalue weighted by atomic mass is 19.1. The highest BCUT2D eigenvalue weighted by Gasteiger charge is 2.17. The van der Waals surface area contributed by atoms with Crippen LogP contribution in [0.2, 0.25) is 0 Å². The Labute approximate surface area is 82.5 Å². The van der Waals surface area contributed by atoms with E-state index in [-0.39, 0.29) is 23.4 Å². The first-order valence-electron chi connectivity index (χ1n) is 4.47. The van der Waals surface area contributed by atoms with E-state index in [9.17, 15) is 9.50 Å². The van der Waals surface area contributed by atoms with E-state index in [1.807, 2.05) is 13.8 Å². The number of aromatic hydroxyl groups is 1. The van der Waals surface area contributed by atoms with Gasteiger partial charge < -0.3 is 16.6 Å². The maximum atomic E-state index is 12.9. The molecule has 0 aliphatic rings. The second-order valence-corrected chi connectivity index (χ2v) is 3.67. The molecule has 0 saturated heterocycles. The standard InChI is InChI=1S/C10H15FN2O/c1-5(2)8(12)6-3-4-7(11)9(13)10(6)14/h3-5,8,14H,12-13H2,1-2H3/t8-/m1/s1. The largest absolute Gasteiger partial charge is 0.505 e. The molecule has 1 rings (SSSR count). The van der Waals surface area contributed by atoms with E-state index in [2.05, 4.69) is 0 Å². The number of benzene rings is 1. The lowest BCUT2D eigenvalue weighted by atomic mass is 9.95. The Morgan fingerprint density at radius 2 is 1.93 bits per heavy atom. The maximum absolute atomic E-state index is 12.9. The molecule has 1 aromatic carbocycles. The molecule has 0 fully saturated rings. The summed E-state index contributed by atoms with van der Waals surface area (Å²) >= 11 is 0. The van der Waals surface area contributed by atoms with E-state index >= 15 is 0 Å². The fraction of sp³-hybridized carbons (Fsp3) is 0.400. The van der Waals surface area contributed by atoms with Crippen LogP contribution in [0.4, 0.5) is 10.1 Å². The van der Waals surface area contributed by atoms with Gasteiger partial charge in [0.1, 0.15) is 17.3 Å². The third-order valence-corrected chi connectivity index (χ3v) is 2.27. The molecule has 0 spiro atoms. The summed E-state index contributed by atoms with van der Waals surface area (Å²) < 4.78 is 12.9. The maximum Gasteiger partial charge on any atom is 0.149 e. The van der Waals surface area contributed by atoms with Crippen molar-refractivity contribution in [2.75, 3.05) is 5.73 Å². The van der Waals surface area contributed by atoms with Gasteiger partial charge in [-0.2, -0.15) is 0 Å². The Morgan fingerprint density at radius 1 is 1.36 bits per heavy atom. The van der Waals surface area contributed by atoms with Gasteiger partial charge in [0.2, 0.25) is 0 Å². The lowest BCUT2D eigenvalue weighted by Gasteiger charge is -2.18. The first-order valence-corrected chi connectivity index (χ1v) is 4.47. The molecule has 0 unspecified atom stereocenters. The molecular formula is C10H15FN2O.